The van der Waals surface area contributed by atoms with Crippen LogP contribution in [-0.2, 0) is 11.6 Å². The van der Waals surface area contributed by atoms with Gasteiger partial charge in [-0.1, -0.05) is 13.8 Å². The number of hydrogen-bond donors (Lipinski definition) is 1. The zero-order valence-corrected chi connectivity index (χ0v) is 18.7. The first kappa shape index (κ1) is 22.4. The third kappa shape index (κ3) is 3.68. The van der Waals surface area contributed by atoms with Gasteiger partial charge in [0, 0.05) is 22.9 Å². The van der Waals surface area contributed by atoms with Crippen LogP contribution in [0.25, 0.3) is 11.0 Å². The van der Waals surface area contributed by atoms with Gasteiger partial charge in [0.05, 0.1) is 16.8 Å². The highest BCUT2D eigenvalue weighted by Crippen LogP contribution is 2.46. The highest BCUT2D eigenvalue weighted by Gasteiger charge is 2.41. The maximum Gasteiger partial charge on any atom is 0.416 e. The lowest BCUT2D eigenvalue weighted by atomic mass is 9.71. The molecule has 0 atom stereocenters. The van der Waals surface area contributed by atoms with Crippen LogP contribution in [0.1, 0.15) is 55.7 Å². The summed E-state index contributed by atoms with van der Waals surface area (Å²) in [6.07, 6.45) is -4.45. The molecule has 1 aliphatic carbocycles. The maximum absolute atomic E-state index is 13.2. The monoisotopic (exact) mass is 444 g/mol. The summed E-state index contributed by atoms with van der Waals surface area (Å²) in [7, 11) is 0. The second-order valence-corrected chi connectivity index (χ2v) is 8.60. The first-order valence-corrected chi connectivity index (χ1v) is 10.8. The van der Waals surface area contributed by atoms with Crippen LogP contribution in [-0.4, -0.2) is 36.9 Å². The smallest absolute Gasteiger partial charge is 0.416 e. The Morgan fingerprint density at radius 3 is 2.44 bits per heavy atom. The summed E-state index contributed by atoms with van der Waals surface area (Å²) in [5.41, 5.74) is 1.16. The van der Waals surface area contributed by atoms with Crippen molar-refractivity contribution in [1.82, 2.24) is 4.90 Å². The van der Waals surface area contributed by atoms with Gasteiger partial charge >= 0.3 is 6.18 Å². The molecule has 7 heteroatoms. The van der Waals surface area contributed by atoms with Crippen molar-refractivity contribution in [3.05, 3.63) is 64.4 Å². The SMILES string of the molecule is CCN(CC)CCOc1ccc2c(c1)C(C)(C)c1oc3cc(C(F)(F)F)ccc3c1C2=N. The molecule has 1 aliphatic rings. The number of nitrogens with one attached hydrogen (secondary N) is 1. The highest BCUT2D eigenvalue weighted by atomic mass is 19.4. The van der Waals surface area contributed by atoms with Crippen molar-refractivity contribution in [2.45, 2.75) is 39.3 Å². The van der Waals surface area contributed by atoms with Crippen LogP contribution < -0.4 is 4.74 Å². The molecular formula is C25H27F3N2O2. The zero-order chi connectivity index (χ0) is 23.3. The number of ether oxygens (including phenoxy) is 1. The minimum atomic E-state index is -4.45. The quantitative estimate of drug-likeness (QED) is 0.490. The summed E-state index contributed by atoms with van der Waals surface area (Å²) in [6.45, 7) is 11.4. The lowest BCUT2D eigenvalue weighted by Gasteiger charge is -2.32. The van der Waals surface area contributed by atoms with E-state index in [1.54, 1.807) is 0 Å². The Kier molecular flexibility index (Phi) is 5.57. The lowest BCUT2D eigenvalue weighted by Crippen LogP contribution is -2.30. The molecule has 0 amide bonds. The largest absolute Gasteiger partial charge is 0.492 e. The van der Waals surface area contributed by atoms with E-state index < -0.39 is 17.2 Å². The molecule has 1 aromatic heterocycles. The summed E-state index contributed by atoms with van der Waals surface area (Å²) in [5.74, 6) is 1.21. The standard InChI is InChI=1S/C25H27F3N2O2/c1-5-30(6-2)11-12-31-16-8-10-17-19(14-16)24(3,4)23-21(22(17)29)18-9-7-15(25(26,27)28)13-20(18)32-23/h7-10,13-14,29H,5-6,11-12H2,1-4H3. The number of likely N-dealkylation sites (N-methyl/N-ethyl adjacent to an activating group) is 1. The predicted octanol–water partition coefficient (Wildman–Crippen LogP) is 6.23. The maximum atomic E-state index is 13.2. The second-order valence-electron chi connectivity index (χ2n) is 8.60. The molecule has 32 heavy (non-hydrogen) atoms. The molecular weight excluding hydrogens is 417 g/mol. The Labute approximate surface area is 185 Å². The van der Waals surface area contributed by atoms with E-state index >= 15 is 0 Å². The summed E-state index contributed by atoms with van der Waals surface area (Å²) in [5, 5.41) is 9.31. The van der Waals surface area contributed by atoms with E-state index in [0.717, 1.165) is 42.9 Å². The zero-order valence-electron chi connectivity index (χ0n) is 18.7. The Morgan fingerprint density at radius 2 is 1.78 bits per heavy atom. The Morgan fingerprint density at radius 1 is 1.06 bits per heavy atom. The highest BCUT2D eigenvalue weighted by molar-refractivity contribution is 6.20. The first-order chi connectivity index (χ1) is 15.1. The molecule has 0 aliphatic heterocycles. The third-order valence-corrected chi connectivity index (χ3v) is 6.34. The van der Waals surface area contributed by atoms with Gasteiger partial charge in [-0.3, -0.25) is 5.41 Å². The molecule has 0 unspecified atom stereocenters. The van der Waals surface area contributed by atoms with E-state index in [0.29, 0.717) is 29.1 Å². The Bertz CT molecular complexity index is 1170. The number of nitrogens with zero attached hydrogens (tertiary/aromatic N) is 1. The van der Waals surface area contributed by atoms with Gasteiger partial charge in [-0.05, 0) is 68.9 Å². The molecule has 0 saturated heterocycles. The van der Waals surface area contributed by atoms with Gasteiger partial charge in [-0.2, -0.15) is 13.2 Å². The molecule has 0 spiro atoms. The van der Waals surface area contributed by atoms with Crippen LogP contribution in [0.3, 0.4) is 0 Å². The van der Waals surface area contributed by atoms with E-state index in [-0.39, 0.29) is 11.3 Å². The van der Waals surface area contributed by atoms with Crippen molar-refractivity contribution in [1.29, 1.82) is 5.41 Å². The minimum absolute atomic E-state index is 0.145. The first-order valence-electron chi connectivity index (χ1n) is 10.8. The van der Waals surface area contributed by atoms with Crippen molar-refractivity contribution in [2.24, 2.45) is 0 Å². The summed E-state index contributed by atoms with van der Waals surface area (Å²) in [6, 6.07) is 9.09. The summed E-state index contributed by atoms with van der Waals surface area (Å²) < 4.78 is 51.5. The van der Waals surface area contributed by atoms with Crippen LogP contribution in [0, 0.1) is 5.41 Å². The molecule has 2 aromatic carbocycles. The van der Waals surface area contributed by atoms with Gasteiger partial charge in [0.1, 0.15) is 23.7 Å². The number of rotatable bonds is 6. The molecule has 1 heterocycles. The van der Waals surface area contributed by atoms with Crippen molar-refractivity contribution in [2.75, 3.05) is 26.2 Å². The molecule has 3 aromatic rings. The summed E-state index contributed by atoms with van der Waals surface area (Å²) in [4.78, 5) is 2.27. The Hall–Kier alpha value is -2.80. The van der Waals surface area contributed by atoms with Crippen molar-refractivity contribution >= 4 is 16.7 Å². The van der Waals surface area contributed by atoms with E-state index in [1.807, 2.05) is 32.0 Å². The topological polar surface area (TPSA) is 49.5 Å². The van der Waals surface area contributed by atoms with Crippen LogP contribution >= 0.6 is 0 Å². The summed E-state index contributed by atoms with van der Waals surface area (Å²) >= 11 is 0. The second kappa shape index (κ2) is 7.96. The van der Waals surface area contributed by atoms with Gasteiger partial charge in [-0.25, -0.2) is 0 Å². The van der Waals surface area contributed by atoms with E-state index in [9.17, 15) is 13.2 Å². The van der Waals surface area contributed by atoms with Crippen LogP contribution in [0.2, 0.25) is 0 Å². The van der Waals surface area contributed by atoms with E-state index in [2.05, 4.69) is 18.7 Å². The van der Waals surface area contributed by atoms with Gasteiger partial charge in [0.25, 0.3) is 0 Å². The van der Waals surface area contributed by atoms with Gasteiger partial charge < -0.3 is 14.1 Å². The van der Waals surface area contributed by atoms with Crippen molar-refractivity contribution in [3.63, 3.8) is 0 Å². The molecule has 170 valence electrons. The lowest BCUT2D eigenvalue weighted by molar-refractivity contribution is -0.137. The number of fused-ring (bicyclic) bond motifs is 4. The molecule has 1 N–H and O–H groups in total. The van der Waals surface area contributed by atoms with E-state index in [4.69, 9.17) is 14.6 Å². The Balaban J connectivity index is 1.72. The molecule has 0 fully saturated rings. The fraction of sp³-hybridized carbons (Fsp3) is 0.400. The average molecular weight is 444 g/mol. The number of alkyl halides is 3. The number of furan rings is 1. The number of hydrogen-bond acceptors (Lipinski definition) is 4. The predicted molar refractivity (Wildman–Crippen MR) is 119 cm³/mol. The molecule has 0 saturated carbocycles. The average Bonchev–Trinajstić information content (AvgIpc) is 3.15. The normalized spacial score (nSPS) is 15.2. The van der Waals surface area contributed by atoms with Crippen molar-refractivity contribution < 1.29 is 22.3 Å². The van der Waals surface area contributed by atoms with Gasteiger partial charge in [0.2, 0.25) is 0 Å². The van der Waals surface area contributed by atoms with Crippen LogP contribution in [0.5, 0.6) is 5.75 Å². The van der Waals surface area contributed by atoms with Gasteiger partial charge in [-0.15, -0.1) is 0 Å². The number of benzene rings is 2. The minimum Gasteiger partial charge on any atom is -0.492 e. The fourth-order valence-electron chi connectivity index (χ4n) is 4.40. The molecule has 0 bridgehead atoms. The van der Waals surface area contributed by atoms with E-state index in [1.165, 1.54) is 6.07 Å². The molecule has 4 rings (SSSR count). The van der Waals surface area contributed by atoms with Crippen molar-refractivity contribution in [3.8, 4) is 5.75 Å². The van der Waals surface area contributed by atoms with Crippen LogP contribution in [0.4, 0.5) is 13.2 Å². The molecule has 0 radical (unpaired) electrons. The number of halogens is 3. The van der Waals surface area contributed by atoms with Crippen LogP contribution in [0.15, 0.2) is 40.8 Å². The van der Waals surface area contributed by atoms with Gasteiger partial charge in [0.15, 0.2) is 0 Å². The fourth-order valence-corrected chi connectivity index (χ4v) is 4.40. The molecule has 4 nitrogen and oxygen atoms in total. The third-order valence-electron chi connectivity index (χ3n) is 6.34.